The number of allylic oxidation sites excluding steroid dienone is 18. The van der Waals surface area contributed by atoms with Gasteiger partial charge in [-0.25, -0.2) is 0 Å². The summed E-state index contributed by atoms with van der Waals surface area (Å²) in [7, 11) is 0. The number of ether oxygens (including phenoxy) is 3. The number of hydrogen-bond donors (Lipinski definition) is 0. The van der Waals surface area contributed by atoms with Crippen LogP contribution in [0.5, 0.6) is 0 Å². The first-order chi connectivity index (χ1) is 34.5. The summed E-state index contributed by atoms with van der Waals surface area (Å²) in [4.78, 5) is 38.0. The summed E-state index contributed by atoms with van der Waals surface area (Å²) in [6.07, 6.45) is 78.1. The Morgan fingerprint density at radius 3 is 0.871 bits per heavy atom. The van der Waals surface area contributed by atoms with Crippen molar-refractivity contribution < 1.29 is 28.6 Å². The van der Waals surface area contributed by atoms with Crippen LogP contribution >= 0.6 is 0 Å². The molecule has 0 bridgehead atoms. The summed E-state index contributed by atoms with van der Waals surface area (Å²) >= 11 is 0. The molecule has 70 heavy (non-hydrogen) atoms. The van der Waals surface area contributed by atoms with E-state index in [-0.39, 0.29) is 31.1 Å². The predicted molar refractivity (Wildman–Crippen MR) is 302 cm³/mol. The van der Waals surface area contributed by atoms with Gasteiger partial charge in [0.25, 0.3) is 0 Å². The van der Waals surface area contributed by atoms with Crippen molar-refractivity contribution in [3.8, 4) is 0 Å². The molecule has 0 N–H and O–H groups in total. The van der Waals surface area contributed by atoms with Gasteiger partial charge in [0, 0.05) is 19.3 Å². The summed E-state index contributed by atoms with van der Waals surface area (Å²) in [6, 6.07) is 0. The first-order valence-corrected chi connectivity index (χ1v) is 28.9. The van der Waals surface area contributed by atoms with Gasteiger partial charge in [0.2, 0.25) is 0 Å². The predicted octanol–water partition coefficient (Wildman–Crippen LogP) is 19.5. The molecule has 0 aromatic carbocycles. The Kier molecular flexibility index (Phi) is 54.4. The third-order valence-corrected chi connectivity index (χ3v) is 12.0. The number of hydrogen-bond acceptors (Lipinski definition) is 6. The third-order valence-electron chi connectivity index (χ3n) is 12.0. The Bertz CT molecular complexity index is 1440. The average molecular weight is 972 g/mol. The number of carbonyl (C=O) groups is 3. The van der Waals surface area contributed by atoms with Gasteiger partial charge in [-0.2, -0.15) is 0 Å². The summed E-state index contributed by atoms with van der Waals surface area (Å²) in [5.41, 5.74) is 0. The fourth-order valence-electron chi connectivity index (χ4n) is 7.75. The van der Waals surface area contributed by atoms with Crippen LogP contribution in [0.3, 0.4) is 0 Å². The summed E-state index contributed by atoms with van der Waals surface area (Å²) in [5.74, 6) is -0.907. The second kappa shape index (κ2) is 57.6. The van der Waals surface area contributed by atoms with E-state index >= 15 is 0 Å². The zero-order valence-electron chi connectivity index (χ0n) is 45.5. The molecule has 1 unspecified atom stereocenters. The molecule has 0 aliphatic carbocycles. The highest BCUT2D eigenvalue weighted by atomic mass is 16.6. The summed E-state index contributed by atoms with van der Waals surface area (Å²) in [5, 5.41) is 0. The van der Waals surface area contributed by atoms with Crippen LogP contribution in [-0.2, 0) is 28.6 Å². The van der Waals surface area contributed by atoms with E-state index in [2.05, 4.69) is 130 Å². The van der Waals surface area contributed by atoms with Gasteiger partial charge in [-0.1, -0.05) is 246 Å². The number of unbranched alkanes of at least 4 members (excludes halogenated alkanes) is 22. The van der Waals surface area contributed by atoms with Gasteiger partial charge in [0.1, 0.15) is 13.2 Å². The highest BCUT2D eigenvalue weighted by molar-refractivity contribution is 5.71. The lowest BCUT2D eigenvalue weighted by atomic mass is 10.1. The molecule has 0 fully saturated rings. The van der Waals surface area contributed by atoms with Crippen molar-refractivity contribution in [2.24, 2.45) is 0 Å². The summed E-state index contributed by atoms with van der Waals surface area (Å²) < 4.78 is 16.8. The van der Waals surface area contributed by atoms with E-state index in [9.17, 15) is 14.4 Å². The molecule has 0 aliphatic rings. The molecule has 6 nitrogen and oxygen atoms in total. The minimum atomic E-state index is -0.786. The lowest BCUT2D eigenvalue weighted by Gasteiger charge is -2.18. The minimum absolute atomic E-state index is 0.0845. The lowest BCUT2D eigenvalue weighted by Crippen LogP contribution is -2.30. The zero-order valence-corrected chi connectivity index (χ0v) is 45.5. The zero-order chi connectivity index (χ0) is 50.7. The molecule has 1 atom stereocenters. The number of esters is 3. The van der Waals surface area contributed by atoms with E-state index in [4.69, 9.17) is 14.2 Å². The molecule has 0 aromatic rings. The van der Waals surface area contributed by atoms with Crippen LogP contribution in [0, 0.1) is 0 Å². The summed E-state index contributed by atoms with van der Waals surface area (Å²) in [6.45, 7) is 6.37. The number of carbonyl (C=O) groups excluding carboxylic acids is 3. The second-order valence-corrected chi connectivity index (χ2v) is 18.8. The van der Waals surface area contributed by atoms with Crippen LogP contribution in [0.15, 0.2) is 109 Å². The molecule has 0 radical (unpaired) electrons. The van der Waals surface area contributed by atoms with Crippen molar-refractivity contribution in [2.45, 2.75) is 264 Å². The molecule has 398 valence electrons. The van der Waals surface area contributed by atoms with E-state index in [1.54, 1.807) is 0 Å². The smallest absolute Gasteiger partial charge is 0.306 e. The van der Waals surface area contributed by atoms with Gasteiger partial charge in [0.05, 0.1) is 0 Å². The maximum atomic E-state index is 12.8. The van der Waals surface area contributed by atoms with Crippen molar-refractivity contribution in [2.75, 3.05) is 13.2 Å². The van der Waals surface area contributed by atoms with Crippen molar-refractivity contribution in [1.29, 1.82) is 0 Å². The fraction of sp³-hybridized carbons (Fsp3) is 0.672. The van der Waals surface area contributed by atoms with Crippen LogP contribution in [0.25, 0.3) is 0 Å². The molecule has 0 aliphatic heterocycles. The van der Waals surface area contributed by atoms with Crippen LogP contribution in [0.1, 0.15) is 258 Å². The third kappa shape index (κ3) is 55.0. The van der Waals surface area contributed by atoms with Gasteiger partial charge >= 0.3 is 17.9 Å². The normalized spacial score (nSPS) is 12.9. The molecule has 0 amide bonds. The first-order valence-electron chi connectivity index (χ1n) is 28.9. The van der Waals surface area contributed by atoms with Crippen molar-refractivity contribution in [3.05, 3.63) is 109 Å². The molecule has 6 heteroatoms. The number of rotatable bonds is 51. The van der Waals surface area contributed by atoms with Gasteiger partial charge in [0.15, 0.2) is 6.10 Å². The SMILES string of the molecule is CC/C=C\C/C=C\C/C=C\C/C=C\C/C=C\C/C=C\CCCCCCCCCCC(=O)OCC(COC(=O)CCCCCCCCCC)OC(=O)CCCCCCCCC/C=C\C/C=C\C/C=C\CC. The fourth-order valence-corrected chi connectivity index (χ4v) is 7.75. The maximum Gasteiger partial charge on any atom is 0.306 e. The molecule has 0 saturated heterocycles. The van der Waals surface area contributed by atoms with Crippen LogP contribution < -0.4 is 0 Å². The molecule has 0 rings (SSSR count). The highest BCUT2D eigenvalue weighted by Crippen LogP contribution is 2.15. The van der Waals surface area contributed by atoms with E-state index in [1.165, 1.54) is 89.9 Å². The van der Waals surface area contributed by atoms with Gasteiger partial charge in [-0.3, -0.25) is 14.4 Å². The molecule has 0 saturated carbocycles. The Balaban J connectivity index is 4.24. The van der Waals surface area contributed by atoms with E-state index in [0.717, 1.165) is 128 Å². The van der Waals surface area contributed by atoms with Crippen LogP contribution in [-0.4, -0.2) is 37.2 Å². The Morgan fingerprint density at radius 1 is 0.300 bits per heavy atom. The Morgan fingerprint density at radius 2 is 0.557 bits per heavy atom. The van der Waals surface area contributed by atoms with Crippen molar-refractivity contribution in [3.63, 3.8) is 0 Å². The van der Waals surface area contributed by atoms with Crippen LogP contribution in [0.2, 0.25) is 0 Å². The maximum absolute atomic E-state index is 12.8. The molecule has 0 spiro atoms. The quantitative estimate of drug-likeness (QED) is 0.0262. The average Bonchev–Trinajstić information content (AvgIpc) is 3.36. The standard InChI is InChI=1S/C64H106O6/c1-4-7-10-13-16-19-21-23-25-27-28-29-30-31-32-33-34-35-36-38-39-41-43-45-48-51-54-57-63(66)69-60-61(59-68-62(65)56-53-50-47-18-15-12-9-6-3)70-64(67)58-55-52-49-46-44-42-40-37-26-24-22-20-17-14-11-8-5-2/h7-8,10-11,16-17,19-20,23-26,28-29,31-32,34-35,61H,4-6,9,12-15,18,21-22,27,30,33,36-60H2,1-3H3/b10-7-,11-8-,19-16-,20-17-,25-23-,26-24-,29-28-,32-31-,35-34-. The molecule has 0 heterocycles. The first kappa shape index (κ1) is 66.1. The van der Waals surface area contributed by atoms with E-state index in [1.807, 2.05) is 0 Å². The largest absolute Gasteiger partial charge is 0.462 e. The lowest BCUT2D eigenvalue weighted by molar-refractivity contribution is -0.167. The molecular weight excluding hydrogens is 865 g/mol. The van der Waals surface area contributed by atoms with Gasteiger partial charge in [-0.15, -0.1) is 0 Å². The Hall–Kier alpha value is -3.93. The van der Waals surface area contributed by atoms with Gasteiger partial charge in [-0.05, 0) is 103 Å². The monoisotopic (exact) mass is 971 g/mol. The van der Waals surface area contributed by atoms with Crippen LogP contribution in [0.4, 0.5) is 0 Å². The second-order valence-electron chi connectivity index (χ2n) is 18.8. The van der Waals surface area contributed by atoms with Gasteiger partial charge < -0.3 is 14.2 Å². The topological polar surface area (TPSA) is 78.9 Å². The highest BCUT2D eigenvalue weighted by Gasteiger charge is 2.19. The minimum Gasteiger partial charge on any atom is -0.462 e. The van der Waals surface area contributed by atoms with Crippen molar-refractivity contribution in [1.82, 2.24) is 0 Å². The van der Waals surface area contributed by atoms with E-state index in [0.29, 0.717) is 19.3 Å². The van der Waals surface area contributed by atoms with Crippen molar-refractivity contribution >= 4 is 17.9 Å². The Labute approximate surface area is 431 Å². The molecule has 0 aromatic heterocycles. The van der Waals surface area contributed by atoms with E-state index < -0.39 is 6.10 Å². The molecular formula is C64H106O6.